The minimum Gasteiger partial charge on any atom is -0.481 e. The summed E-state index contributed by atoms with van der Waals surface area (Å²) in [7, 11) is 0. The largest absolute Gasteiger partial charge is 0.481 e. The van der Waals surface area contributed by atoms with Crippen LogP contribution in [0, 0.1) is 0 Å². The van der Waals surface area contributed by atoms with Gasteiger partial charge in [0.05, 0.1) is 25.4 Å². The quantitative estimate of drug-likeness (QED) is 0.776. The van der Waals surface area contributed by atoms with E-state index in [1.807, 2.05) is 12.1 Å². The third-order valence-corrected chi connectivity index (χ3v) is 3.21. The van der Waals surface area contributed by atoms with E-state index in [4.69, 9.17) is 18.9 Å². The lowest BCUT2D eigenvalue weighted by Crippen LogP contribution is -2.16. The molecule has 1 aromatic carbocycles. The van der Waals surface area contributed by atoms with Crippen LogP contribution in [-0.2, 0) is 19.0 Å². The first-order valence-electron chi connectivity index (χ1n) is 6.02. The molecule has 0 unspecified atom stereocenters. The van der Waals surface area contributed by atoms with Crippen molar-refractivity contribution in [2.75, 3.05) is 26.4 Å². The molecule has 1 aliphatic heterocycles. The molecule has 0 radical (unpaired) electrons. The van der Waals surface area contributed by atoms with Crippen molar-refractivity contribution >= 4 is 21.9 Å². The topological polar surface area (TPSA) is 54.0 Å². The van der Waals surface area contributed by atoms with Crippen LogP contribution in [0.5, 0.6) is 5.75 Å². The molecule has 0 aromatic heterocycles. The van der Waals surface area contributed by atoms with Crippen LogP contribution in [0.15, 0.2) is 22.7 Å². The lowest BCUT2D eigenvalue weighted by molar-refractivity contribution is -0.145. The summed E-state index contributed by atoms with van der Waals surface area (Å²) in [4.78, 5) is 11.3. The lowest BCUT2D eigenvalue weighted by Gasteiger charge is -2.16. The van der Waals surface area contributed by atoms with Gasteiger partial charge in [-0.1, -0.05) is 22.0 Å². The highest BCUT2D eigenvalue weighted by Crippen LogP contribution is 2.36. The van der Waals surface area contributed by atoms with Crippen molar-refractivity contribution in [2.45, 2.75) is 13.2 Å². The molecular formula is C13H15BrO5. The number of hydrogen-bond acceptors (Lipinski definition) is 5. The zero-order valence-electron chi connectivity index (χ0n) is 10.6. The van der Waals surface area contributed by atoms with Gasteiger partial charge in [0.25, 0.3) is 0 Å². The normalized spacial score (nSPS) is 15.5. The first-order valence-corrected chi connectivity index (χ1v) is 6.81. The van der Waals surface area contributed by atoms with E-state index in [1.54, 1.807) is 13.0 Å². The van der Waals surface area contributed by atoms with Gasteiger partial charge in [0.15, 0.2) is 12.9 Å². The van der Waals surface area contributed by atoms with Crippen molar-refractivity contribution in [3.8, 4) is 5.75 Å². The molecule has 1 saturated heterocycles. The van der Waals surface area contributed by atoms with Gasteiger partial charge in [0.1, 0.15) is 5.75 Å². The van der Waals surface area contributed by atoms with Crippen molar-refractivity contribution in [2.24, 2.45) is 0 Å². The van der Waals surface area contributed by atoms with Crippen LogP contribution in [0.1, 0.15) is 18.8 Å². The molecule has 0 bridgehead atoms. The van der Waals surface area contributed by atoms with E-state index < -0.39 is 12.3 Å². The smallest absolute Gasteiger partial charge is 0.344 e. The molecule has 6 heteroatoms. The maximum atomic E-state index is 11.3. The number of halogens is 1. The Bertz CT molecular complexity index is 443. The SMILES string of the molecule is CCOC(=O)COc1cccc(Br)c1C1OCCO1. The average Bonchev–Trinajstić information content (AvgIpc) is 2.90. The first kappa shape index (κ1) is 14.3. The van der Waals surface area contributed by atoms with E-state index in [0.717, 1.165) is 10.0 Å². The van der Waals surface area contributed by atoms with Gasteiger partial charge in [-0.3, -0.25) is 0 Å². The van der Waals surface area contributed by atoms with Crippen molar-refractivity contribution in [3.05, 3.63) is 28.2 Å². The highest BCUT2D eigenvalue weighted by Gasteiger charge is 2.25. The number of esters is 1. The second-order valence-corrected chi connectivity index (χ2v) is 4.67. The Morgan fingerprint density at radius 2 is 2.16 bits per heavy atom. The van der Waals surface area contributed by atoms with Gasteiger partial charge in [-0.2, -0.15) is 0 Å². The summed E-state index contributed by atoms with van der Waals surface area (Å²) in [6.45, 7) is 3.04. The van der Waals surface area contributed by atoms with E-state index in [1.165, 1.54) is 0 Å². The molecule has 19 heavy (non-hydrogen) atoms. The summed E-state index contributed by atoms with van der Waals surface area (Å²) in [5.74, 6) is 0.149. The molecule has 1 aromatic rings. The number of benzene rings is 1. The third kappa shape index (κ3) is 3.68. The molecule has 1 fully saturated rings. The second kappa shape index (κ2) is 6.88. The minimum atomic E-state index is -0.465. The molecule has 2 rings (SSSR count). The van der Waals surface area contributed by atoms with Gasteiger partial charge in [-0.15, -0.1) is 0 Å². The average molecular weight is 331 g/mol. The van der Waals surface area contributed by atoms with Gasteiger partial charge in [-0.05, 0) is 19.1 Å². The molecular weight excluding hydrogens is 316 g/mol. The number of hydrogen-bond donors (Lipinski definition) is 0. The molecule has 0 amide bonds. The summed E-state index contributed by atoms with van der Waals surface area (Å²) in [5.41, 5.74) is 0.754. The molecule has 0 aliphatic carbocycles. The first-order chi connectivity index (χ1) is 9.22. The maximum absolute atomic E-state index is 11.3. The van der Waals surface area contributed by atoms with E-state index in [-0.39, 0.29) is 6.61 Å². The van der Waals surface area contributed by atoms with Crippen molar-refractivity contribution in [3.63, 3.8) is 0 Å². The van der Waals surface area contributed by atoms with E-state index >= 15 is 0 Å². The highest BCUT2D eigenvalue weighted by molar-refractivity contribution is 9.10. The Morgan fingerprint density at radius 3 is 2.84 bits per heavy atom. The van der Waals surface area contributed by atoms with Gasteiger partial charge < -0.3 is 18.9 Å². The molecule has 1 aliphatic rings. The van der Waals surface area contributed by atoms with Gasteiger partial charge in [0.2, 0.25) is 0 Å². The molecule has 104 valence electrons. The van der Waals surface area contributed by atoms with Crippen molar-refractivity contribution in [1.82, 2.24) is 0 Å². The van der Waals surface area contributed by atoms with Crippen molar-refractivity contribution < 1.29 is 23.7 Å². The number of carbonyl (C=O) groups excluding carboxylic acids is 1. The monoisotopic (exact) mass is 330 g/mol. The number of carbonyl (C=O) groups is 1. The van der Waals surface area contributed by atoms with E-state index in [0.29, 0.717) is 25.6 Å². The predicted octanol–water partition coefficient (Wildman–Crippen LogP) is 2.44. The minimum absolute atomic E-state index is 0.135. The van der Waals surface area contributed by atoms with Crippen LogP contribution in [0.2, 0.25) is 0 Å². The fraction of sp³-hybridized carbons (Fsp3) is 0.462. The Kier molecular flexibility index (Phi) is 5.18. The van der Waals surface area contributed by atoms with Crippen LogP contribution >= 0.6 is 15.9 Å². The van der Waals surface area contributed by atoms with Crippen LogP contribution in [0.25, 0.3) is 0 Å². The fourth-order valence-electron chi connectivity index (χ4n) is 1.74. The maximum Gasteiger partial charge on any atom is 0.344 e. The molecule has 0 atom stereocenters. The standard InChI is InChI=1S/C13H15BrO5/c1-2-16-11(15)8-19-10-5-3-4-9(14)12(10)13-17-6-7-18-13/h3-5,13H,2,6-8H2,1H3. The summed E-state index contributed by atoms with van der Waals surface area (Å²) < 4.78 is 22.1. The summed E-state index contributed by atoms with van der Waals surface area (Å²) >= 11 is 3.44. The zero-order valence-corrected chi connectivity index (χ0v) is 12.1. The van der Waals surface area contributed by atoms with Gasteiger partial charge in [0, 0.05) is 4.47 Å². The van der Waals surface area contributed by atoms with Crippen LogP contribution < -0.4 is 4.74 Å². The highest BCUT2D eigenvalue weighted by atomic mass is 79.9. The summed E-state index contributed by atoms with van der Waals surface area (Å²) in [6.07, 6.45) is -0.465. The zero-order chi connectivity index (χ0) is 13.7. The van der Waals surface area contributed by atoms with E-state index in [9.17, 15) is 4.79 Å². The second-order valence-electron chi connectivity index (χ2n) is 3.82. The van der Waals surface area contributed by atoms with Crippen LogP contribution in [0.4, 0.5) is 0 Å². The number of rotatable bonds is 5. The number of ether oxygens (including phenoxy) is 4. The molecule has 0 saturated carbocycles. The summed E-state index contributed by atoms with van der Waals surface area (Å²) in [5, 5.41) is 0. The Hall–Kier alpha value is -1.11. The van der Waals surface area contributed by atoms with E-state index in [2.05, 4.69) is 15.9 Å². The van der Waals surface area contributed by atoms with Gasteiger partial charge >= 0.3 is 5.97 Å². The molecule has 0 spiro atoms. The summed E-state index contributed by atoms with van der Waals surface area (Å²) in [6, 6.07) is 5.46. The molecule has 5 nitrogen and oxygen atoms in total. The predicted molar refractivity (Wildman–Crippen MR) is 70.9 cm³/mol. The fourth-order valence-corrected chi connectivity index (χ4v) is 2.27. The van der Waals surface area contributed by atoms with Crippen LogP contribution in [-0.4, -0.2) is 32.4 Å². The van der Waals surface area contributed by atoms with Crippen molar-refractivity contribution in [1.29, 1.82) is 0 Å². The Labute approximate surface area is 119 Å². The lowest BCUT2D eigenvalue weighted by atomic mass is 10.2. The third-order valence-electron chi connectivity index (χ3n) is 2.52. The molecule has 0 N–H and O–H groups in total. The molecule has 1 heterocycles. The van der Waals surface area contributed by atoms with Crippen LogP contribution in [0.3, 0.4) is 0 Å². The Morgan fingerprint density at radius 1 is 1.42 bits per heavy atom. The Balaban J connectivity index is 2.10. The van der Waals surface area contributed by atoms with Gasteiger partial charge in [-0.25, -0.2) is 4.79 Å².